The molecule has 1 spiro atoms. The number of β-amino-alcohol motifs (C(OH)–C–C–N with tert-alkyl or cyclic N) is 1. The summed E-state index contributed by atoms with van der Waals surface area (Å²) in [6, 6.07) is 8.83. The van der Waals surface area contributed by atoms with Crippen LogP contribution in [-0.4, -0.2) is 87.1 Å². The van der Waals surface area contributed by atoms with Gasteiger partial charge in [-0.2, -0.15) is 0 Å². The summed E-state index contributed by atoms with van der Waals surface area (Å²) in [7, 11) is 0. The van der Waals surface area contributed by atoms with Gasteiger partial charge in [0.15, 0.2) is 0 Å². The molecule has 8 nitrogen and oxygen atoms in total. The lowest BCUT2D eigenvalue weighted by atomic mass is 9.77. The van der Waals surface area contributed by atoms with Crippen molar-refractivity contribution in [1.29, 1.82) is 0 Å². The molecule has 5 atom stereocenters. The van der Waals surface area contributed by atoms with Gasteiger partial charge in [0.2, 0.25) is 17.7 Å². The van der Waals surface area contributed by atoms with Gasteiger partial charge in [0, 0.05) is 31.7 Å². The van der Waals surface area contributed by atoms with Gasteiger partial charge in [0.1, 0.15) is 11.6 Å². The number of carbonyl (C=O) groups is 3. The van der Waals surface area contributed by atoms with Crippen LogP contribution in [0.25, 0.3) is 0 Å². The molecule has 1 unspecified atom stereocenters. The third kappa shape index (κ3) is 4.72. The summed E-state index contributed by atoms with van der Waals surface area (Å²) >= 11 is 0. The molecule has 1 N–H and O–H groups in total. The van der Waals surface area contributed by atoms with Crippen molar-refractivity contribution in [3.63, 3.8) is 0 Å². The van der Waals surface area contributed by atoms with Crippen LogP contribution < -0.4 is 0 Å². The first-order chi connectivity index (χ1) is 18.4. The number of benzene rings is 1. The second-order valence-electron chi connectivity index (χ2n) is 13.1. The molecule has 210 valence electrons. The fraction of sp³-hybridized carbons (Fsp3) is 0.581. The molecule has 4 aliphatic rings. The van der Waals surface area contributed by atoms with E-state index in [1.807, 2.05) is 59.5 Å². The van der Waals surface area contributed by atoms with Crippen molar-refractivity contribution < 1.29 is 24.2 Å². The van der Waals surface area contributed by atoms with E-state index < -0.39 is 35.1 Å². The summed E-state index contributed by atoms with van der Waals surface area (Å²) in [5.74, 6) is -2.26. The molecular formula is C31H41N3O5. The third-order valence-corrected chi connectivity index (χ3v) is 8.49. The number of aliphatic hydroxyl groups excluding tert-OH is 1. The highest BCUT2D eigenvalue weighted by Crippen LogP contribution is 2.54. The lowest BCUT2D eigenvalue weighted by Crippen LogP contribution is -2.60. The number of likely N-dealkylation sites (tertiary alicyclic amines) is 1. The highest BCUT2D eigenvalue weighted by atomic mass is 16.5. The fourth-order valence-electron chi connectivity index (χ4n) is 7.42. The van der Waals surface area contributed by atoms with Crippen LogP contribution in [0, 0.1) is 17.3 Å². The molecule has 0 saturated carbocycles. The van der Waals surface area contributed by atoms with E-state index in [2.05, 4.69) is 34.6 Å². The van der Waals surface area contributed by atoms with Gasteiger partial charge in [-0.25, -0.2) is 0 Å². The quantitative estimate of drug-likeness (QED) is 0.566. The zero-order chi connectivity index (χ0) is 28.2. The molecule has 39 heavy (non-hydrogen) atoms. The minimum Gasteiger partial charge on any atom is -0.395 e. The van der Waals surface area contributed by atoms with Crippen LogP contribution in [0.4, 0.5) is 0 Å². The maximum atomic E-state index is 14.4. The van der Waals surface area contributed by atoms with Crippen LogP contribution in [0.1, 0.15) is 46.6 Å². The summed E-state index contributed by atoms with van der Waals surface area (Å²) in [4.78, 5) is 47.6. The molecule has 2 fully saturated rings. The molecule has 3 amide bonds. The molecule has 0 bridgehead atoms. The Hall–Kier alpha value is -2.97. The minimum atomic E-state index is -1.28. The number of amides is 3. The van der Waals surface area contributed by atoms with Gasteiger partial charge in [-0.3, -0.25) is 14.4 Å². The Morgan fingerprint density at radius 1 is 0.974 bits per heavy atom. The Morgan fingerprint density at radius 3 is 2.36 bits per heavy atom. The molecule has 4 aliphatic heterocycles. The lowest BCUT2D eigenvalue weighted by molar-refractivity contribution is -0.152. The van der Waals surface area contributed by atoms with E-state index in [-0.39, 0.29) is 36.3 Å². The van der Waals surface area contributed by atoms with E-state index in [4.69, 9.17) is 4.74 Å². The van der Waals surface area contributed by atoms with Crippen LogP contribution in [0.2, 0.25) is 0 Å². The van der Waals surface area contributed by atoms with Crippen molar-refractivity contribution in [1.82, 2.24) is 14.7 Å². The van der Waals surface area contributed by atoms with Gasteiger partial charge >= 0.3 is 0 Å². The monoisotopic (exact) mass is 535 g/mol. The lowest BCUT2D eigenvalue weighted by Gasteiger charge is -2.44. The zero-order valence-electron chi connectivity index (χ0n) is 23.7. The average molecular weight is 536 g/mol. The van der Waals surface area contributed by atoms with Crippen molar-refractivity contribution in [2.45, 2.75) is 70.9 Å². The Bertz CT molecular complexity index is 1190. The first-order valence-electron chi connectivity index (χ1n) is 14.0. The number of aliphatic hydroxyl groups is 1. The number of carbonyl (C=O) groups excluding carboxylic acids is 3. The van der Waals surface area contributed by atoms with Gasteiger partial charge in [-0.15, -0.1) is 0 Å². The highest BCUT2D eigenvalue weighted by molar-refractivity contribution is 6.00. The van der Waals surface area contributed by atoms with Gasteiger partial charge in [0.05, 0.1) is 24.5 Å². The number of fused-ring (bicyclic) bond motifs is 2. The summed E-state index contributed by atoms with van der Waals surface area (Å²) in [5, 5.41) is 9.90. The van der Waals surface area contributed by atoms with Crippen molar-refractivity contribution in [2.75, 3.05) is 26.2 Å². The molecule has 0 aromatic heterocycles. The van der Waals surface area contributed by atoms with Gasteiger partial charge < -0.3 is 24.5 Å². The van der Waals surface area contributed by atoms with Crippen LogP contribution in [0.5, 0.6) is 0 Å². The van der Waals surface area contributed by atoms with Crippen molar-refractivity contribution in [3.8, 4) is 0 Å². The normalized spacial score (nSPS) is 30.8. The average Bonchev–Trinajstić information content (AvgIpc) is 3.15. The molecule has 8 heteroatoms. The molecule has 0 radical (unpaired) electrons. The highest BCUT2D eigenvalue weighted by Gasteiger charge is 2.72. The molecule has 4 heterocycles. The minimum absolute atomic E-state index is 0.00732. The van der Waals surface area contributed by atoms with Crippen molar-refractivity contribution in [3.05, 3.63) is 60.2 Å². The Labute approximate surface area is 231 Å². The topological polar surface area (TPSA) is 90.4 Å². The van der Waals surface area contributed by atoms with Crippen molar-refractivity contribution >= 4 is 17.7 Å². The number of hydrogen-bond donors (Lipinski definition) is 1. The van der Waals surface area contributed by atoms with E-state index in [1.165, 1.54) is 4.90 Å². The Kier molecular flexibility index (Phi) is 7.00. The van der Waals surface area contributed by atoms with Crippen LogP contribution >= 0.6 is 0 Å². The summed E-state index contributed by atoms with van der Waals surface area (Å²) in [5.41, 5.74) is -0.777. The summed E-state index contributed by atoms with van der Waals surface area (Å²) in [6.45, 7) is 11.5. The zero-order valence-corrected chi connectivity index (χ0v) is 23.7. The van der Waals surface area contributed by atoms with Crippen LogP contribution in [0.3, 0.4) is 0 Å². The second-order valence-corrected chi connectivity index (χ2v) is 13.1. The van der Waals surface area contributed by atoms with E-state index in [0.717, 1.165) is 12.0 Å². The van der Waals surface area contributed by atoms with Gasteiger partial charge in [-0.1, -0.05) is 75.4 Å². The molecule has 1 aromatic carbocycles. The van der Waals surface area contributed by atoms with Gasteiger partial charge in [-0.05, 0) is 31.2 Å². The van der Waals surface area contributed by atoms with E-state index in [1.54, 1.807) is 4.90 Å². The van der Waals surface area contributed by atoms with Gasteiger partial charge in [0.25, 0.3) is 0 Å². The van der Waals surface area contributed by atoms with Crippen molar-refractivity contribution in [2.24, 2.45) is 17.3 Å². The number of nitrogens with zero attached hydrogens (tertiary/aromatic N) is 3. The second kappa shape index (κ2) is 9.89. The summed E-state index contributed by atoms with van der Waals surface area (Å²) < 4.78 is 6.68. The maximum Gasteiger partial charge on any atom is 0.249 e. The molecule has 5 rings (SSSR count). The standard InChI is InChI=1S/C31H41N3O5/c1-29(2,3)20-30(4,5)34-16-10-14-31-24(27(37)33(17-18-35)25(31)28(34)38)23-22(39-31)13-9-15-32(26(23)36)19-21-11-7-6-8-12-21/h6-14,22-25,35H,15-20H2,1-5H3/t22-,23+,24-,25?,31-/m0/s1. The predicted molar refractivity (Wildman–Crippen MR) is 147 cm³/mol. The molecule has 0 aliphatic carbocycles. The van der Waals surface area contributed by atoms with E-state index in [9.17, 15) is 19.5 Å². The van der Waals surface area contributed by atoms with Crippen LogP contribution in [0.15, 0.2) is 54.6 Å². The Morgan fingerprint density at radius 2 is 1.69 bits per heavy atom. The predicted octanol–water partition coefficient (Wildman–Crippen LogP) is 2.77. The molecular weight excluding hydrogens is 494 g/mol. The molecule has 2 saturated heterocycles. The van der Waals surface area contributed by atoms with E-state index >= 15 is 0 Å². The SMILES string of the molecule is CC(C)(C)CC(C)(C)N1CC=C[C@]23O[C@H]4C=CCN(Cc5ccccc5)C(=O)[C@H]4[C@H]2C(=O)N(CCO)C3C1=O. The third-order valence-electron chi connectivity index (χ3n) is 8.49. The first-order valence-corrected chi connectivity index (χ1v) is 14.0. The number of rotatable bonds is 6. The largest absolute Gasteiger partial charge is 0.395 e. The van der Waals surface area contributed by atoms with E-state index in [0.29, 0.717) is 19.6 Å². The first kappa shape index (κ1) is 27.6. The number of hydrogen-bond acceptors (Lipinski definition) is 5. The van der Waals surface area contributed by atoms with Crippen LogP contribution in [-0.2, 0) is 25.7 Å². The number of ether oxygens (including phenoxy) is 1. The smallest absolute Gasteiger partial charge is 0.249 e. The molecule has 1 aromatic rings. The fourth-order valence-corrected chi connectivity index (χ4v) is 7.42. The Balaban J connectivity index is 1.53. The maximum absolute atomic E-state index is 14.4. The summed E-state index contributed by atoms with van der Waals surface area (Å²) in [6.07, 6.45) is 7.74.